The van der Waals surface area contributed by atoms with E-state index in [4.69, 9.17) is 0 Å². The van der Waals surface area contributed by atoms with Crippen LogP contribution in [0.25, 0.3) is 0 Å². The number of benzene rings is 1. The van der Waals surface area contributed by atoms with Crippen molar-refractivity contribution in [3.05, 3.63) is 51.5 Å². The molecule has 0 saturated carbocycles. The maximum Gasteiger partial charge on any atom is 0.416 e. The molecular formula is C21H28F3N5S. The summed E-state index contributed by atoms with van der Waals surface area (Å²) >= 11 is 1.70. The van der Waals surface area contributed by atoms with E-state index in [-0.39, 0.29) is 6.04 Å². The molecule has 2 aromatic rings. The van der Waals surface area contributed by atoms with Crippen LogP contribution in [0.1, 0.15) is 34.7 Å². The van der Waals surface area contributed by atoms with E-state index in [1.54, 1.807) is 30.5 Å². The van der Waals surface area contributed by atoms with Gasteiger partial charge in [0.25, 0.3) is 0 Å². The molecule has 3 rings (SSSR count). The Kier molecular flexibility index (Phi) is 7.71. The van der Waals surface area contributed by atoms with Crippen LogP contribution < -0.4 is 10.6 Å². The first-order valence-corrected chi connectivity index (χ1v) is 11.0. The maximum absolute atomic E-state index is 12.7. The van der Waals surface area contributed by atoms with Crippen molar-refractivity contribution >= 4 is 17.3 Å². The Labute approximate surface area is 179 Å². The maximum atomic E-state index is 12.7. The van der Waals surface area contributed by atoms with E-state index in [9.17, 15) is 13.2 Å². The van der Waals surface area contributed by atoms with Crippen LogP contribution in [0.2, 0.25) is 0 Å². The average Bonchev–Trinajstić information content (AvgIpc) is 3.32. The number of rotatable bonds is 7. The summed E-state index contributed by atoms with van der Waals surface area (Å²) in [7, 11) is 1.76. The topological polar surface area (TPSA) is 52.6 Å². The molecule has 9 heteroatoms. The number of aliphatic imine (C=N–C) groups is 1. The summed E-state index contributed by atoms with van der Waals surface area (Å²) in [6, 6.07) is 5.70. The highest BCUT2D eigenvalue weighted by atomic mass is 32.1. The lowest BCUT2D eigenvalue weighted by molar-refractivity contribution is -0.137. The number of guanidine groups is 1. The molecule has 0 aliphatic carbocycles. The molecule has 1 fully saturated rings. The summed E-state index contributed by atoms with van der Waals surface area (Å²) in [5, 5.41) is 10.0. The van der Waals surface area contributed by atoms with Crippen LogP contribution >= 0.6 is 11.3 Å². The lowest BCUT2D eigenvalue weighted by Gasteiger charge is -2.19. The number of likely N-dealkylation sites (tertiary alicyclic amines) is 1. The smallest absolute Gasteiger partial charge is 0.356 e. The molecule has 1 atom stereocenters. The lowest BCUT2D eigenvalue weighted by Crippen LogP contribution is -2.44. The summed E-state index contributed by atoms with van der Waals surface area (Å²) in [6.07, 6.45) is -1.38. The Morgan fingerprint density at radius 3 is 2.70 bits per heavy atom. The minimum atomic E-state index is -4.29. The quantitative estimate of drug-likeness (QED) is 0.391. The Hall–Kier alpha value is -2.13. The summed E-state index contributed by atoms with van der Waals surface area (Å²) in [5.74, 6) is 0.784. The third-order valence-electron chi connectivity index (χ3n) is 5.05. The average molecular weight is 440 g/mol. The fraction of sp³-hybridized carbons (Fsp3) is 0.524. The van der Waals surface area contributed by atoms with Crippen molar-refractivity contribution in [3.63, 3.8) is 0 Å². The molecule has 1 aliphatic heterocycles. The van der Waals surface area contributed by atoms with Crippen LogP contribution in [0.3, 0.4) is 0 Å². The molecule has 164 valence electrons. The summed E-state index contributed by atoms with van der Waals surface area (Å²) < 4.78 is 38.1. The second kappa shape index (κ2) is 10.3. The number of halogens is 3. The third kappa shape index (κ3) is 6.70. The summed E-state index contributed by atoms with van der Waals surface area (Å²) in [5.41, 5.74) is 1.36. The van der Waals surface area contributed by atoms with Crippen molar-refractivity contribution in [3.8, 4) is 0 Å². The van der Waals surface area contributed by atoms with E-state index in [1.165, 1.54) is 0 Å². The van der Waals surface area contributed by atoms with E-state index in [0.29, 0.717) is 6.54 Å². The molecule has 1 aromatic heterocycles. The number of aryl methyl sites for hydroxylation is 2. The molecule has 2 heterocycles. The highest BCUT2D eigenvalue weighted by Crippen LogP contribution is 2.29. The van der Waals surface area contributed by atoms with E-state index >= 15 is 0 Å². The van der Waals surface area contributed by atoms with E-state index in [1.807, 2.05) is 6.92 Å². The van der Waals surface area contributed by atoms with Crippen LogP contribution in [0.5, 0.6) is 0 Å². The van der Waals surface area contributed by atoms with E-state index < -0.39 is 11.7 Å². The predicted molar refractivity (Wildman–Crippen MR) is 115 cm³/mol. The van der Waals surface area contributed by atoms with Crippen LogP contribution in [-0.4, -0.2) is 48.6 Å². The summed E-state index contributed by atoms with van der Waals surface area (Å²) in [4.78, 5) is 11.0. The fourth-order valence-electron chi connectivity index (χ4n) is 3.50. The zero-order valence-electron chi connectivity index (χ0n) is 17.3. The van der Waals surface area contributed by atoms with Crippen molar-refractivity contribution in [2.45, 2.75) is 44.9 Å². The van der Waals surface area contributed by atoms with Gasteiger partial charge in [0.2, 0.25) is 0 Å². The van der Waals surface area contributed by atoms with Crippen molar-refractivity contribution in [2.75, 3.05) is 26.7 Å². The Balaban J connectivity index is 1.38. The monoisotopic (exact) mass is 439 g/mol. The van der Waals surface area contributed by atoms with Gasteiger partial charge in [-0.2, -0.15) is 13.2 Å². The lowest BCUT2D eigenvalue weighted by atomic mass is 10.1. The largest absolute Gasteiger partial charge is 0.416 e. The van der Waals surface area contributed by atoms with Crippen molar-refractivity contribution in [2.24, 2.45) is 4.99 Å². The zero-order chi connectivity index (χ0) is 21.6. The van der Waals surface area contributed by atoms with Gasteiger partial charge in [0.05, 0.1) is 10.6 Å². The Morgan fingerprint density at radius 1 is 1.30 bits per heavy atom. The first-order valence-electron chi connectivity index (χ1n) is 10.1. The SMILES string of the molecule is CN=C(NCCCc1nc(C)cs1)NC1CCN(Cc2ccc(C(F)(F)F)cc2)C1. The highest BCUT2D eigenvalue weighted by molar-refractivity contribution is 7.09. The third-order valence-corrected chi connectivity index (χ3v) is 6.08. The Bertz CT molecular complexity index is 832. The van der Waals surface area contributed by atoms with Gasteiger partial charge in [-0.25, -0.2) is 4.98 Å². The zero-order valence-corrected chi connectivity index (χ0v) is 18.1. The van der Waals surface area contributed by atoms with Crippen molar-refractivity contribution in [1.82, 2.24) is 20.5 Å². The second-order valence-electron chi connectivity index (χ2n) is 7.54. The number of thiazole rings is 1. The van der Waals surface area contributed by atoms with Gasteiger partial charge in [-0.3, -0.25) is 9.89 Å². The molecule has 1 aromatic carbocycles. The molecular weight excluding hydrogens is 411 g/mol. The molecule has 0 amide bonds. The van der Waals surface area contributed by atoms with Gasteiger partial charge in [0.15, 0.2) is 5.96 Å². The van der Waals surface area contributed by atoms with Gasteiger partial charge in [-0.15, -0.1) is 11.3 Å². The normalized spacial score (nSPS) is 18.0. The van der Waals surface area contributed by atoms with Crippen LogP contribution in [0, 0.1) is 6.92 Å². The van der Waals surface area contributed by atoms with E-state index in [0.717, 1.165) is 73.3 Å². The first kappa shape index (κ1) is 22.6. The number of hydrogen-bond acceptors (Lipinski definition) is 4. The Morgan fingerprint density at radius 2 is 2.07 bits per heavy atom. The molecule has 0 radical (unpaired) electrons. The van der Waals surface area contributed by atoms with E-state index in [2.05, 4.69) is 30.9 Å². The van der Waals surface area contributed by atoms with Crippen LogP contribution in [-0.2, 0) is 19.1 Å². The number of nitrogens with one attached hydrogen (secondary N) is 2. The van der Waals surface area contributed by atoms with Gasteiger partial charge in [-0.1, -0.05) is 12.1 Å². The van der Waals surface area contributed by atoms with Crippen molar-refractivity contribution < 1.29 is 13.2 Å². The minimum Gasteiger partial charge on any atom is -0.356 e. The predicted octanol–water partition coefficient (Wildman–Crippen LogP) is 3.84. The van der Waals surface area contributed by atoms with Gasteiger partial charge < -0.3 is 10.6 Å². The van der Waals surface area contributed by atoms with Crippen LogP contribution in [0.15, 0.2) is 34.6 Å². The molecule has 1 saturated heterocycles. The minimum absolute atomic E-state index is 0.271. The van der Waals surface area contributed by atoms with Crippen LogP contribution in [0.4, 0.5) is 13.2 Å². The number of hydrogen-bond donors (Lipinski definition) is 2. The van der Waals surface area contributed by atoms with Gasteiger partial charge in [-0.05, 0) is 37.5 Å². The molecule has 30 heavy (non-hydrogen) atoms. The van der Waals surface area contributed by atoms with Gasteiger partial charge >= 0.3 is 6.18 Å². The molecule has 5 nitrogen and oxygen atoms in total. The molecule has 2 N–H and O–H groups in total. The summed E-state index contributed by atoms with van der Waals surface area (Å²) in [6.45, 7) is 5.21. The number of alkyl halides is 3. The number of aromatic nitrogens is 1. The number of nitrogens with zero attached hydrogens (tertiary/aromatic N) is 3. The van der Waals surface area contributed by atoms with Gasteiger partial charge in [0, 0.05) is 56.8 Å². The van der Waals surface area contributed by atoms with Crippen molar-refractivity contribution in [1.29, 1.82) is 0 Å². The molecule has 1 unspecified atom stereocenters. The molecule has 0 spiro atoms. The highest BCUT2D eigenvalue weighted by Gasteiger charge is 2.30. The molecule has 1 aliphatic rings. The standard InChI is InChI=1S/C21H28F3N5S/c1-15-14-30-19(27-15)4-3-10-26-20(25-2)28-18-9-11-29(13-18)12-16-5-7-17(8-6-16)21(22,23)24/h5-8,14,18H,3-4,9-13H2,1-2H3,(H2,25,26,28). The van der Waals surface area contributed by atoms with Gasteiger partial charge in [0.1, 0.15) is 0 Å². The second-order valence-corrected chi connectivity index (χ2v) is 8.49. The molecule has 0 bridgehead atoms. The first-order chi connectivity index (χ1) is 14.3. The fourth-order valence-corrected chi connectivity index (χ4v) is 4.32.